The van der Waals surface area contributed by atoms with Gasteiger partial charge in [0.25, 0.3) is 0 Å². The minimum absolute atomic E-state index is 0.240. The molecule has 10 radical (unpaired) electrons. The van der Waals surface area contributed by atoms with Crippen molar-refractivity contribution >= 4 is 68.1 Å². The van der Waals surface area contributed by atoms with Crippen molar-refractivity contribution in [3.05, 3.63) is 0 Å². The predicted octanol–water partition coefficient (Wildman–Crippen LogP) is -3.28. The molecule has 3 aliphatic heterocycles. The molecule has 0 amide bonds. The van der Waals surface area contributed by atoms with Crippen LogP contribution in [0.15, 0.2) is 0 Å². The largest absolute Gasteiger partial charge is 0.553 e. The number of hydrogen-bond donors (Lipinski definition) is 0. The van der Waals surface area contributed by atoms with Crippen molar-refractivity contribution in [2.75, 3.05) is 0 Å². The molecule has 0 unspecified atom stereocenters. The summed E-state index contributed by atoms with van der Waals surface area (Å²) >= 11 is 0. The Bertz CT molecular complexity index is 186. The van der Waals surface area contributed by atoms with Gasteiger partial charge in [0, 0.05) is 0 Å². The van der Waals surface area contributed by atoms with E-state index in [2.05, 4.69) is 0 Å². The van der Waals surface area contributed by atoms with Crippen LogP contribution in [-0.4, -0.2) is 68.1 Å². The number of hydrogen-bond acceptors (Lipinski definition) is 9. The zero-order chi connectivity index (χ0) is 10.8. The van der Waals surface area contributed by atoms with Gasteiger partial charge < -0.3 is 37.0 Å². The lowest BCUT2D eigenvalue weighted by atomic mass is 15.6. The molecule has 9 nitrogen and oxygen atoms in total. The van der Waals surface area contributed by atoms with Crippen LogP contribution in [-0.2, 0) is 37.0 Å². The first-order valence-corrected chi connectivity index (χ1v) is 11.0. The second-order valence-electron chi connectivity index (χ2n) is 2.17. The molecule has 0 aromatic heterocycles. The monoisotopic (exact) mass is 340 g/mol. The van der Waals surface area contributed by atoms with Crippen LogP contribution < -0.4 is 0 Å². The summed E-state index contributed by atoms with van der Waals surface area (Å²) in [4.78, 5) is 0. The van der Waals surface area contributed by atoms with E-state index in [9.17, 15) is 0 Å². The van der Waals surface area contributed by atoms with Crippen LogP contribution in [0.2, 0.25) is 0 Å². The molecule has 0 aromatic rings. The predicted molar refractivity (Wildman–Crippen MR) is 50.0 cm³/mol. The first-order chi connectivity index (χ1) is 7.90. The van der Waals surface area contributed by atoms with Gasteiger partial charge in [-0.1, -0.05) is 0 Å². The van der Waals surface area contributed by atoms with Crippen molar-refractivity contribution in [1.82, 2.24) is 0 Å². The van der Waals surface area contributed by atoms with E-state index in [0.29, 0.717) is 0 Å². The van der Waals surface area contributed by atoms with Crippen LogP contribution >= 0.6 is 0 Å². The molecule has 3 fully saturated rings. The SMILES string of the molecule is O1[Si]O[Si]2O[Si]O[Si]3O[Si]O[Si]1O[Si](O2)O3. The summed E-state index contributed by atoms with van der Waals surface area (Å²) < 4.78 is 47.8. The summed E-state index contributed by atoms with van der Waals surface area (Å²) in [6, 6.07) is 0. The van der Waals surface area contributed by atoms with Crippen LogP contribution in [0.25, 0.3) is 0 Å². The maximum Gasteiger partial charge on any atom is 0.553 e. The van der Waals surface area contributed by atoms with Crippen molar-refractivity contribution in [2.45, 2.75) is 0 Å². The molecule has 0 aliphatic carbocycles. The molecule has 0 saturated carbocycles. The van der Waals surface area contributed by atoms with Crippen LogP contribution in [0.4, 0.5) is 0 Å². The molecular formula is O9Si7. The lowest BCUT2D eigenvalue weighted by Gasteiger charge is -2.30. The Morgan fingerprint density at radius 2 is 0.750 bits per heavy atom. The van der Waals surface area contributed by atoms with E-state index in [-0.39, 0.29) is 30.0 Å². The van der Waals surface area contributed by atoms with Gasteiger partial charge in [-0.25, -0.2) is 0 Å². The van der Waals surface area contributed by atoms with Crippen molar-refractivity contribution in [3.63, 3.8) is 0 Å². The van der Waals surface area contributed by atoms with Crippen LogP contribution in [0.5, 0.6) is 0 Å². The highest BCUT2D eigenvalue weighted by molar-refractivity contribution is 6.73. The lowest BCUT2D eigenvalue weighted by molar-refractivity contribution is 0.127. The van der Waals surface area contributed by atoms with Gasteiger partial charge in [-0.05, 0) is 0 Å². The highest BCUT2D eigenvalue weighted by Gasteiger charge is 2.46. The highest BCUT2D eigenvalue weighted by Crippen LogP contribution is 2.12. The molecule has 4 bridgehead atoms. The summed E-state index contributed by atoms with van der Waals surface area (Å²) in [6.07, 6.45) is 0. The van der Waals surface area contributed by atoms with Gasteiger partial charge in [-0.15, -0.1) is 0 Å². The first-order valence-electron chi connectivity index (χ1n) is 3.67. The molecule has 0 spiro atoms. The van der Waals surface area contributed by atoms with Gasteiger partial charge in [0.15, 0.2) is 0 Å². The summed E-state index contributed by atoms with van der Waals surface area (Å²) in [5.74, 6) is 0. The first kappa shape index (κ1) is 12.2. The molecule has 3 heterocycles. The van der Waals surface area contributed by atoms with Crippen LogP contribution in [0, 0.1) is 0 Å². The van der Waals surface area contributed by atoms with Crippen molar-refractivity contribution in [3.8, 4) is 0 Å². The zero-order valence-corrected chi connectivity index (χ0v) is 14.2. The number of rotatable bonds is 0. The smallest absolute Gasteiger partial charge is 0.391 e. The summed E-state index contributed by atoms with van der Waals surface area (Å²) in [6.45, 7) is 0. The Morgan fingerprint density at radius 3 is 1.06 bits per heavy atom. The van der Waals surface area contributed by atoms with Gasteiger partial charge in [-0.3, -0.25) is 0 Å². The third-order valence-corrected chi connectivity index (χ3v) is 11.3. The minimum atomic E-state index is -2.03. The second-order valence-corrected chi connectivity index (χ2v) is 12.0. The van der Waals surface area contributed by atoms with Gasteiger partial charge in [-0.2, -0.15) is 0 Å². The van der Waals surface area contributed by atoms with Gasteiger partial charge in [0.1, 0.15) is 0 Å². The van der Waals surface area contributed by atoms with Gasteiger partial charge in [0.2, 0.25) is 0 Å². The molecule has 3 rings (SSSR count). The standard InChI is InChI=1S/O9Si7/c1-10-2-14-5-12-6-15-4-11-3-13(1)7-16(8-14)9-15. The summed E-state index contributed by atoms with van der Waals surface area (Å²) in [5, 5.41) is 0. The Kier molecular flexibility index (Phi) is 4.47. The third kappa shape index (κ3) is 3.13. The fourth-order valence-corrected chi connectivity index (χ4v) is 12.1. The molecule has 16 heavy (non-hydrogen) atoms. The van der Waals surface area contributed by atoms with Gasteiger partial charge >= 0.3 is 68.1 Å². The quantitative estimate of drug-likeness (QED) is 0.421. The molecule has 3 saturated heterocycles. The molecule has 3 aliphatic rings. The van der Waals surface area contributed by atoms with Crippen molar-refractivity contribution in [2.24, 2.45) is 0 Å². The molecular weight excluding hydrogens is 341 g/mol. The van der Waals surface area contributed by atoms with Crippen LogP contribution in [0.3, 0.4) is 0 Å². The van der Waals surface area contributed by atoms with E-state index in [4.69, 9.17) is 37.0 Å². The Balaban J connectivity index is 1.75. The Labute approximate surface area is 105 Å². The average Bonchev–Trinajstić information content (AvgIpc) is 2.12. The highest BCUT2D eigenvalue weighted by atomic mass is 28.5. The van der Waals surface area contributed by atoms with Crippen molar-refractivity contribution in [1.29, 1.82) is 0 Å². The van der Waals surface area contributed by atoms with Crippen LogP contribution in [0.1, 0.15) is 0 Å². The molecule has 0 N–H and O–H groups in total. The van der Waals surface area contributed by atoms with E-state index >= 15 is 0 Å². The molecule has 0 aromatic carbocycles. The maximum atomic E-state index is 5.43. The fraction of sp³-hybridized carbons (Fsp3) is 0. The molecule has 0 atom stereocenters. The normalized spacial score (nSPS) is 31.5. The summed E-state index contributed by atoms with van der Waals surface area (Å²) in [5.41, 5.74) is 0. The number of fused-ring (bicyclic) bond motifs is 3. The zero-order valence-electron chi connectivity index (χ0n) is 7.17. The Morgan fingerprint density at radius 1 is 0.438 bits per heavy atom. The summed E-state index contributed by atoms with van der Waals surface area (Å²) in [7, 11) is -8.45. The van der Waals surface area contributed by atoms with E-state index in [0.717, 1.165) is 0 Å². The molecule has 82 valence electrons. The lowest BCUT2D eigenvalue weighted by Crippen LogP contribution is -2.56. The van der Waals surface area contributed by atoms with E-state index in [1.54, 1.807) is 0 Å². The minimum Gasteiger partial charge on any atom is -0.391 e. The van der Waals surface area contributed by atoms with E-state index in [1.807, 2.05) is 0 Å². The third-order valence-electron chi connectivity index (χ3n) is 1.25. The average molecular weight is 341 g/mol. The van der Waals surface area contributed by atoms with Gasteiger partial charge in [0.05, 0.1) is 0 Å². The van der Waals surface area contributed by atoms with E-state index in [1.165, 1.54) is 0 Å². The topological polar surface area (TPSA) is 83.1 Å². The van der Waals surface area contributed by atoms with Crippen molar-refractivity contribution < 1.29 is 37.0 Å². The Hall–Kier alpha value is 1.16. The van der Waals surface area contributed by atoms with E-state index < -0.39 is 38.1 Å². The fourth-order valence-electron chi connectivity index (χ4n) is 0.721. The molecule has 16 heteroatoms. The maximum absolute atomic E-state index is 5.43. The second kappa shape index (κ2) is 5.87.